The van der Waals surface area contributed by atoms with Crippen LogP contribution >= 0.6 is 11.6 Å². The highest BCUT2D eigenvalue weighted by Gasteiger charge is 2.23. The van der Waals surface area contributed by atoms with Crippen LogP contribution in [0.3, 0.4) is 0 Å². The quantitative estimate of drug-likeness (QED) is 0.760. The second kappa shape index (κ2) is 9.20. The Bertz CT molecular complexity index is 758. The van der Waals surface area contributed by atoms with Crippen molar-refractivity contribution in [2.75, 3.05) is 26.7 Å². The van der Waals surface area contributed by atoms with Gasteiger partial charge in [0.2, 0.25) is 5.91 Å². The standard InChI is InChI=1S/C21H26ClN3O2/c1-16-13-23-10-7-20(16)27-19-8-11-25(12-9-19)15-21(26)24(2)14-17-3-5-18(22)6-4-17/h3-7,10,13,19H,8-9,11-12,14-15H2,1-2H3. The Kier molecular flexibility index (Phi) is 6.69. The summed E-state index contributed by atoms with van der Waals surface area (Å²) < 4.78 is 6.10. The topological polar surface area (TPSA) is 45.7 Å². The minimum Gasteiger partial charge on any atom is -0.490 e. The van der Waals surface area contributed by atoms with Gasteiger partial charge in [-0.15, -0.1) is 0 Å². The molecule has 0 atom stereocenters. The SMILES string of the molecule is Cc1cnccc1OC1CCN(CC(=O)N(C)Cc2ccc(Cl)cc2)CC1. The molecule has 1 saturated heterocycles. The van der Waals surface area contributed by atoms with Gasteiger partial charge in [-0.3, -0.25) is 14.7 Å². The maximum absolute atomic E-state index is 12.5. The molecule has 0 saturated carbocycles. The molecule has 1 aromatic heterocycles. The van der Waals surface area contributed by atoms with Crippen LogP contribution in [0.25, 0.3) is 0 Å². The Labute approximate surface area is 165 Å². The van der Waals surface area contributed by atoms with Gasteiger partial charge < -0.3 is 9.64 Å². The number of aromatic nitrogens is 1. The Morgan fingerprint density at radius 2 is 1.96 bits per heavy atom. The number of amides is 1. The fraction of sp³-hybridized carbons (Fsp3) is 0.429. The van der Waals surface area contributed by atoms with Crippen molar-refractivity contribution in [2.24, 2.45) is 0 Å². The molecule has 3 rings (SSSR count). The maximum Gasteiger partial charge on any atom is 0.236 e. The summed E-state index contributed by atoms with van der Waals surface area (Å²) >= 11 is 5.91. The second-order valence-corrected chi connectivity index (χ2v) is 7.55. The Morgan fingerprint density at radius 3 is 2.63 bits per heavy atom. The number of pyridine rings is 1. The number of likely N-dealkylation sites (N-methyl/N-ethyl adjacent to an activating group) is 1. The highest BCUT2D eigenvalue weighted by Crippen LogP contribution is 2.21. The molecule has 2 heterocycles. The van der Waals surface area contributed by atoms with Gasteiger partial charge >= 0.3 is 0 Å². The molecule has 1 aliphatic heterocycles. The molecule has 1 amide bonds. The molecule has 0 N–H and O–H groups in total. The lowest BCUT2D eigenvalue weighted by molar-refractivity contribution is -0.132. The first-order valence-corrected chi connectivity index (χ1v) is 9.67. The molecule has 0 bridgehead atoms. The van der Waals surface area contributed by atoms with Gasteiger partial charge in [0.05, 0.1) is 6.54 Å². The van der Waals surface area contributed by atoms with Crippen LogP contribution in [0.5, 0.6) is 5.75 Å². The van der Waals surface area contributed by atoms with Gasteiger partial charge in [0.25, 0.3) is 0 Å². The van der Waals surface area contributed by atoms with E-state index >= 15 is 0 Å². The fourth-order valence-electron chi connectivity index (χ4n) is 3.22. The zero-order valence-electron chi connectivity index (χ0n) is 15.9. The maximum atomic E-state index is 12.5. The fourth-order valence-corrected chi connectivity index (χ4v) is 3.35. The average Bonchev–Trinajstić information content (AvgIpc) is 2.67. The summed E-state index contributed by atoms with van der Waals surface area (Å²) in [5, 5.41) is 0.708. The predicted octanol–water partition coefficient (Wildman–Crippen LogP) is 3.55. The van der Waals surface area contributed by atoms with Crippen molar-refractivity contribution in [2.45, 2.75) is 32.4 Å². The van der Waals surface area contributed by atoms with E-state index in [1.54, 1.807) is 11.1 Å². The number of hydrogen-bond donors (Lipinski definition) is 0. The summed E-state index contributed by atoms with van der Waals surface area (Å²) in [6, 6.07) is 9.53. The molecular weight excluding hydrogens is 362 g/mol. The number of carbonyl (C=O) groups is 1. The number of ether oxygens (including phenoxy) is 1. The number of aryl methyl sites for hydroxylation is 1. The van der Waals surface area contributed by atoms with E-state index in [0.717, 1.165) is 42.8 Å². The molecule has 0 spiro atoms. The molecule has 27 heavy (non-hydrogen) atoms. The van der Waals surface area contributed by atoms with Gasteiger partial charge in [0, 0.05) is 49.7 Å². The monoisotopic (exact) mass is 387 g/mol. The Hall–Kier alpha value is -2.11. The molecular formula is C21H26ClN3O2. The van der Waals surface area contributed by atoms with Crippen LogP contribution in [0.15, 0.2) is 42.7 Å². The van der Waals surface area contributed by atoms with Crippen LogP contribution in [0.4, 0.5) is 0 Å². The molecule has 1 aromatic carbocycles. The largest absolute Gasteiger partial charge is 0.490 e. The van der Waals surface area contributed by atoms with E-state index in [4.69, 9.17) is 16.3 Å². The summed E-state index contributed by atoms with van der Waals surface area (Å²) in [4.78, 5) is 20.6. The number of nitrogens with zero attached hydrogens (tertiary/aromatic N) is 3. The van der Waals surface area contributed by atoms with Gasteiger partial charge in [-0.05, 0) is 43.5 Å². The summed E-state index contributed by atoms with van der Waals surface area (Å²) in [5.41, 5.74) is 2.13. The van der Waals surface area contributed by atoms with Crippen molar-refractivity contribution in [3.63, 3.8) is 0 Å². The van der Waals surface area contributed by atoms with Crippen LogP contribution in [-0.2, 0) is 11.3 Å². The van der Waals surface area contributed by atoms with Gasteiger partial charge in [-0.2, -0.15) is 0 Å². The third-order valence-corrected chi connectivity index (χ3v) is 5.17. The first-order valence-electron chi connectivity index (χ1n) is 9.29. The lowest BCUT2D eigenvalue weighted by Gasteiger charge is -2.32. The van der Waals surface area contributed by atoms with Crippen molar-refractivity contribution < 1.29 is 9.53 Å². The molecule has 5 nitrogen and oxygen atoms in total. The molecule has 1 aliphatic rings. The number of piperidine rings is 1. The van der Waals surface area contributed by atoms with E-state index in [1.807, 2.05) is 50.5 Å². The highest BCUT2D eigenvalue weighted by molar-refractivity contribution is 6.30. The Morgan fingerprint density at radius 1 is 1.26 bits per heavy atom. The van der Waals surface area contributed by atoms with E-state index in [9.17, 15) is 4.79 Å². The molecule has 6 heteroatoms. The van der Waals surface area contributed by atoms with Gasteiger partial charge in [0.1, 0.15) is 11.9 Å². The number of halogens is 1. The number of rotatable bonds is 6. The van der Waals surface area contributed by atoms with Crippen LogP contribution in [0.1, 0.15) is 24.0 Å². The van der Waals surface area contributed by atoms with Crippen molar-refractivity contribution in [1.29, 1.82) is 0 Å². The van der Waals surface area contributed by atoms with Crippen molar-refractivity contribution >= 4 is 17.5 Å². The van der Waals surface area contributed by atoms with Crippen LogP contribution in [-0.4, -0.2) is 53.5 Å². The van der Waals surface area contributed by atoms with Crippen molar-refractivity contribution in [3.05, 3.63) is 58.9 Å². The summed E-state index contributed by atoms with van der Waals surface area (Å²) in [5.74, 6) is 1.04. The van der Waals surface area contributed by atoms with Crippen LogP contribution < -0.4 is 4.74 Å². The second-order valence-electron chi connectivity index (χ2n) is 7.11. The minimum atomic E-state index is 0.134. The highest BCUT2D eigenvalue weighted by atomic mass is 35.5. The first kappa shape index (κ1) is 19.6. The number of likely N-dealkylation sites (tertiary alicyclic amines) is 1. The molecule has 1 fully saturated rings. The smallest absolute Gasteiger partial charge is 0.236 e. The lowest BCUT2D eigenvalue weighted by Crippen LogP contribution is -2.44. The van der Waals surface area contributed by atoms with Crippen LogP contribution in [0.2, 0.25) is 5.02 Å². The molecule has 0 unspecified atom stereocenters. The summed E-state index contributed by atoms with van der Waals surface area (Å²) in [6.07, 6.45) is 5.63. The zero-order chi connectivity index (χ0) is 19.2. The van der Waals surface area contributed by atoms with Gasteiger partial charge in [0.15, 0.2) is 0 Å². The number of carbonyl (C=O) groups excluding carboxylic acids is 1. The molecule has 0 aliphatic carbocycles. The average molecular weight is 388 g/mol. The van der Waals surface area contributed by atoms with E-state index in [0.29, 0.717) is 18.1 Å². The Balaban J connectivity index is 1.43. The molecule has 0 radical (unpaired) electrons. The lowest BCUT2D eigenvalue weighted by atomic mass is 10.1. The summed E-state index contributed by atoms with van der Waals surface area (Å²) in [7, 11) is 1.85. The predicted molar refractivity (Wildman–Crippen MR) is 107 cm³/mol. The van der Waals surface area contributed by atoms with Crippen molar-refractivity contribution in [1.82, 2.24) is 14.8 Å². The van der Waals surface area contributed by atoms with E-state index in [2.05, 4.69) is 9.88 Å². The molecule has 144 valence electrons. The number of hydrogen-bond acceptors (Lipinski definition) is 4. The minimum absolute atomic E-state index is 0.134. The van der Waals surface area contributed by atoms with E-state index in [-0.39, 0.29) is 12.0 Å². The molecule has 2 aromatic rings. The van der Waals surface area contributed by atoms with Crippen molar-refractivity contribution in [3.8, 4) is 5.75 Å². The first-order chi connectivity index (χ1) is 13.0. The third-order valence-electron chi connectivity index (χ3n) is 4.91. The summed E-state index contributed by atoms with van der Waals surface area (Å²) in [6.45, 7) is 4.79. The normalized spacial score (nSPS) is 15.5. The van der Waals surface area contributed by atoms with E-state index in [1.165, 1.54) is 0 Å². The third kappa shape index (κ3) is 5.68. The van der Waals surface area contributed by atoms with Gasteiger partial charge in [-0.1, -0.05) is 23.7 Å². The number of benzene rings is 1. The van der Waals surface area contributed by atoms with Crippen LogP contribution in [0, 0.1) is 6.92 Å². The van der Waals surface area contributed by atoms with Gasteiger partial charge in [-0.25, -0.2) is 0 Å². The van der Waals surface area contributed by atoms with E-state index < -0.39 is 0 Å². The zero-order valence-corrected chi connectivity index (χ0v) is 16.7.